The topological polar surface area (TPSA) is 76.7 Å². The molecule has 0 aliphatic rings. The Morgan fingerprint density at radius 2 is 2.00 bits per heavy atom. The summed E-state index contributed by atoms with van der Waals surface area (Å²) in [7, 11) is 0. The maximum Gasteiger partial charge on any atom is 0.134 e. The van der Waals surface area contributed by atoms with Crippen LogP contribution < -0.4 is 11.1 Å². The average Bonchev–Trinajstić information content (AvgIpc) is 2.36. The summed E-state index contributed by atoms with van der Waals surface area (Å²) in [6.07, 6.45) is 5.98. The first kappa shape index (κ1) is 11.3. The lowest BCUT2D eigenvalue weighted by Gasteiger charge is -2.09. The van der Waals surface area contributed by atoms with Crippen molar-refractivity contribution in [1.29, 1.82) is 0 Å². The highest BCUT2D eigenvalue weighted by Crippen LogP contribution is 2.14. The predicted octanol–water partition coefficient (Wildman–Crippen LogP) is 1.42. The maximum atomic E-state index is 5.70. The Balaban J connectivity index is 1.93. The Hall–Kier alpha value is -2.17. The van der Waals surface area contributed by atoms with Crippen molar-refractivity contribution in [3.8, 4) is 0 Å². The highest BCUT2D eigenvalue weighted by molar-refractivity contribution is 5.53. The molecule has 0 spiro atoms. The lowest BCUT2D eigenvalue weighted by Crippen LogP contribution is -2.09. The molecule has 17 heavy (non-hydrogen) atoms. The maximum absolute atomic E-state index is 5.70. The normalized spacial score (nSPS) is 10.2. The molecule has 0 aromatic carbocycles. The van der Waals surface area contributed by atoms with Crippen molar-refractivity contribution < 1.29 is 0 Å². The molecule has 88 valence electrons. The Labute approximate surface area is 100 Å². The van der Waals surface area contributed by atoms with Crippen LogP contribution in [0.5, 0.6) is 0 Å². The van der Waals surface area contributed by atoms with Gasteiger partial charge in [0.1, 0.15) is 18.0 Å². The third-order valence-electron chi connectivity index (χ3n) is 2.58. The molecule has 0 aliphatic heterocycles. The minimum Gasteiger partial charge on any atom is -0.383 e. The molecule has 0 saturated heterocycles. The largest absolute Gasteiger partial charge is 0.383 e. The number of nitrogens with two attached hydrogens (primary N) is 1. The van der Waals surface area contributed by atoms with E-state index in [1.807, 2.05) is 19.1 Å². The van der Waals surface area contributed by atoms with Crippen LogP contribution in [0.2, 0.25) is 0 Å². The van der Waals surface area contributed by atoms with Gasteiger partial charge in [-0.15, -0.1) is 0 Å². The van der Waals surface area contributed by atoms with E-state index in [1.165, 1.54) is 11.9 Å². The molecule has 2 aromatic heterocycles. The van der Waals surface area contributed by atoms with E-state index in [1.54, 1.807) is 12.4 Å². The van der Waals surface area contributed by atoms with Crippen LogP contribution in [0.4, 0.5) is 11.6 Å². The molecule has 0 fully saturated rings. The third-order valence-corrected chi connectivity index (χ3v) is 2.58. The van der Waals surface area contributed by atoms with Gasteiger partial charge in [-0.2, -0.15) is 0 Å². The minimum atomic E-state index is 0.520. The lowest BCUT2D eigenvalue weighted by molar-refractivity contribution is 0.988. The zero-order chi connectivity index (χ0) is 12.1. The third kappa shape index (κ3) is 2.90. The summed E-state index contributed by atoms with van der Waals surface area (Å²) in [5.41, 5.74) is 7.84. The van der Waals surface area contributed by atoms with Gasteiger partial charge in [0.05, 0.1) is 0 Å². The molecule has 0 radical (unpaired) electrons. The van der Waals surface area contributed by atoms with Crippen LogP contribution in [0, 0.1) is 6.92 Å². The number of anilines is 2. The fourth-order valence-electron chi connectivity index (χ4n) is 1.52. The van der Waals surface area contributed by atoms with Crippen molar-refractivity contribution in [1.82, 2.24) is 15.0 Å². The first-order valence-corrected chi connectivity index (χ1v) is 5.47. The van der Waals surface area contributed by atoms with Crippen molar-refractivity contribution in [3.63, 3.8) is 0 Å². The van der Waals surface area contributed by atoms with Gasteiger partial charge in [0.15, 0.2) is 0 Å². The van der Waals surface area contributed by atoms with Crippen LogP contribution in [-0.2, 0) is 6.42 Å². The molecule has 2 heterocycles. The summed E-state index contributed by atoms with van der Waals surface area (Å²) in [4.78, 5) is 12.1. The van der Waals surface area contributed by atoms with E-state index in [4.69, 9.17) is 5.73 Å². The van der Waals surface area contributed by atoms with Gasteiger partial charge >= 0.3 is 0 Å². The highest BCUT2D eigenvalue weighted by Gasteiger charge is 2.02. The van der Waals surface area contributed by atoms with Gasteiger partial charge in [-0.05, 0) is 31.0 Å². The summed E-state index contributed by atoms with van der Waals surface area (Å²) >= 11 is 0. The van der Waals surface area contributed by atoms with Crippen molar-refractivity contribution >= 4 is 11.6 Å². The van der Waals surface area contributed by atoms with E-state index < -0.39 is 0 Å². The molecule has 5 nitrogen and oxygen atoms in total. The van der Waals surface area contributed by atoms with Gasteiger partial charge < -0.3 is 11.1 Å². The standard InChI is InChI=1S/C12H15N5/c1-9-11(13)16-8-17-12(9)15-7-4-10-2-5-14-6-3-10/h2-3,5-6,8H,4,7H2,1H3,(H3,13,15,16,17). The fraction of sp³-hybridized carbons (Fsp3) is 0.250. The Bertz CT molecular complexity index is 484. The summed E-state index contributed by atoms with van der Waals surface area (Å²) in [6.45, 7) is 2.71. The molecule has 0 unspecified atom stereocenters. The molecule has 3 N–H and O–H groups in total. The number of nitrogens with one attached hydrogen (secondary N) is 1. The van der Waals surface area contributed by atoms with E-state index in [2.05, 4.69) is 20.3 Å². The first-order chi connectivity index (χ1) is 8.27. The molecule has 0 amide bonds. The number of hydrogen-bond acceptors (Lipinski definition) is 5. The van der Waals surface area contributed by atoms with Crippen molar-refractivity contribution in [2.24, 2.45) is 0 Å². The zero-order valence-electron chi connectivity index (χ0n) is 9.72. The lowest BCUT2D eigenvalue weighted by atomic mass is 10.2. The Kier molecular flexibility index (Phi) is 3.49. The van der Waals surface area contributed by atoms with Gasteiger partial charge in [-0.25, -0.2) is 9.97 Å². The zero-order valence-corrected chi connectivity index (χ0v) is 9.72. The number of hydrogen-bond donors (Lipinski definition) is 2. The molecule has 5 heteroatoms. The van der Waals surface area contributed by atoms with Gasteiger partial charge in [0.25, 0.3) is 0 Å². The van der Waals surface area contributed by atoms with E-state index in [9.17, 15) is 0 Å². The Morgan fingerprint density at radius 1 is 1.24 bits per heavy atom. The number of aromatic nitrogens is 3. The van der Waals surface area contributed by atoms with Crippen LogP contribution in [0.1, 0.15) is 11.1 Å². The van der Waals surface area contributed by atoms with E-state index in [0.717, 1.165) is 24.3 Å². The molecule has 0 bridgehead atoms. The number of rotatable bonds is 4. The molecule has 0 atom stereocenters. The summed E-state index contributed by atoms with van der Waals surface area (Å²) in [5, 5.41) is 3.25. The van der Waals surface area contributed by atoms with Gasteiger partial charge in [-0.1, -0.05) is 0 Å². The van der Waals surface area contributed by atoms with Crippen molar-refractivity contribution in [3.05, 3.63) is 42.0 Å². The summed E-state index contributed by atoms with van der Waals surface area (Å²) in [6, 6.07) is 4.01. The monoisotopic (exact) mass is 229 g/mol. The van der Waals surface area contributed by atoms with E-state index in [0.29, 0.717) is 5.82 Å². The number of nitrogen functional groups attached to an aromatic ring is 1. The molecule has 2 rings (SSSR count). The Morgan fingerprint density at radius 3 is 2.76 bits per heavy atom. The predicted molar refractivity (Wildman–Crippen MR) is 67.6 cm³/mol. The second kappa shape index (κ2) is 5.25. The van der Waals surface area contributed by atoms with Crippen molar-refractivity contribution in [2.75, 3.05) is 17.6 Å². The highest BCUT2D eigenvalue weighted by atomic mass is 15.0. The van der Waals surface area contributed by atoms with Crippen LogP contribution >= 0.6 is 0 Å². The molecule has 0 aliphatic carbocycles. The summed E-state index contributed by atoms with van der Waals surface area (Å²) in [5.74, 6) is 1.32. The van der Waals surface area contributed by atoms with Crippen molar-refractivity contribution in [2.45, 2.75) is 13.3 Å². The average molecular weight is 229 g/mol. The van der Waals surface area contributed by atoms with Gasteiger partial charge in [-0.3, -0.25) is 4.98 Å². The second-order valence-corrected chi connectivity index (χ2v) is 3.76. The summed E-state index contributed by atoms with van der Waals surface area (Å²) < 4.78 is 0. The quantitative estimate of drug-likeness (QED) is 0.829. The van der Waals surface area contributed by atoms with Crippen LogP contribution in [0.15, 0.2) is 30.9 Å². The molecule has 0 saturated carbocycles. The molecular formula is C12H15N5. The number of pyridine rings is 1. The fourth-order valence-corrected chi connectivity index (χ4v) is 1.52. The van der Waals surface area contributed by atoms with E-state index >= 15 is 0 Å². The van der Waals surface area contributed by atoms with Crippen LogP contribution in [0.3, 0.4) is 0 Å². The first-order valence-electron chi connectivity index (χ1n) is 5.47. The van der Waals surface area contributed by atoms with Gasteiger partial charge in [0, 0.05) is 24.5 Å². The van der Waals surface area contributed by atoms with E-state index in [-0.39, 0.29) is 0 Å². The minimum absolute atomic E-state index is 0.520. The number of nitrogens with zero attached hydrogens (tertiary/aromatic N) is 3. The van der Waals surface area contributed by atoms with Gasteiger partial charge in [0.2, 0.25) is 0 Å². The van der Waals surface area contributed by atoms with Crippen LogP contribution in [-0.4, -0.2) is 21.5 Å². The van der Waals surface area contributed by atoms with Crippen LogP contribution in [0.25, 0.3) is 0 Å². The smallest absolute Gasteiger partial charge is 0.134 e. The molecular weight excluding hydrogens is 214 g/mol. The molecule has 2 aromatic rings. The SMILES string of the molecule is Cc1c(N)ncnc1NCCc1ccncc1. The second-order valence-electron chi connectivity index (χ2n) is 3.76.